The second-order valence-corrected chi connectivity index (χ2v) is 7.01. The van der Waals surface area contributed by atoms with Gasteiger partial charge in [0, 0.05) is 12.4 Å². The highest BCUT2D eigenvalue weighted by molar-refractivity contribution is 5.58. The zero-order valence-electron chi connectivity index (χ0n) is 15.3. The molecule has 0 radical (unpaired) electrons. The number of rotatable bonds is 4. The molecule has 0 bridgehead atoms. The van der Waals surface area contributed by atoms with E-state index >= 15 is 0 Å². The quantitative estimate of drug-likeness (QED) is 0.557. The van der Waals surface area contributed by atoms with Crippen molar-refractivity contribution in [2.24, 2.45) is 0 Å². The normalized spacial score (nSPS) is 15.3. The van der Waals surface area contributed by atoms with Crippen molar-refractivity contribution in [2.75, 3.05) is 5.73 Å². The Hall–Kier alpha value is -3.62. The molecule has 140 valence electrons. The highest BCUT2D eigenvalue weighted by Crippen LogP contribution is 2.48. The van der Waals surface area contributed by atoms with Crippen LogP contribution in [0.25, 0.3) is 22.8 Å². The molecule has 0 atom stereocenters. The van der Waals surface area contributed by atoms with Crippen LogP contribution in [-0.2, 0) is 5.41 Å². The highest BCUT2D eigenvalue weighted by Gasteiger charge is 2.45. The second-order valence-electron chi connectivity index (χ2n) is 7.01. The number of aromatic nitrogens is 7. The summed E-state index contributed by atoms with van der Waals surface area (Å²) in [6, 6.07) is 4.02. The van der Waals surface area contributed by atoms with Gasteiger partial charge in [-0.25, -0.2) is 9.97 Å². The molecule has 0 saturated heterocycles. The molecule has 0 spiro atoms. The van der Waals surface area contributed by atoms with Crippen molar-refractivity contribution in [1.29, 1.82) is 0 Å². The lowest BCUT2D eigenvalue weighted by Gasteiger charge is -2.39. The van der Waals surface area contributed by atoms with Crippen molar-refractivity contribution in [1.82, 2.24) is 35.3 Å². The van der Waals surface area contributed by atoms with Gasteiger partial charge in [-0.2, -0.15) is 10.1 Å². The molecule has 1 aliphatic carbocycles. The molecule has 3 N–H and O–H groups in total. The molecular weight excluding hydrogens is 356 g/mol. The second kappa shape index (κ2) is 6.22. The molecule has 1 saturated carbocycles. The van der Waals surface area contributed by atoms with Gasteiger partial charge >= 0.3 is 0 Å². The largest absolute Gasteiger partial charge is 0.382 e. The Labute approximate surface area is 160 Å². The van der Waals surface area contributed by atoms with Gasteiger partial charge in [0.2, 0.25) is 0 Å². The first-order valence-electron chi connectivity index (χ1n) is 9.05. The summed E-state index contributed by atoms with van der Waals surface area (Å²) < 4.78 is 5.46. The third-order valence-corrected chi connectivity index (χ3v) is 5.33. The lowest BCUT2D eigenvalue weighted by Crippen LogP contribution is -2.36. The molecule has 0 amide bonds. The summed E-state index contributed by atoms with van der Waals surface area (Å²) in [7, 11) is 0. The Bertz CT molecular complexity index is 1110. The van der Waals surface area contributed by atoms with Gasteiger partial charge in [-0.05, 0) is 31.4 Å². The van der Waals surface area contributed by atoms with Crippen LogP contribution >= 0.6 is 0 Å². The molecule has 4 heterocycles. The molecule has 5 rings (SSSR count). The van der Waals surface area contributed by atoms with Crippen LogP contribution in [0.4, 0.5) is 5.82 Å². The van der Waals surface area contributed by atoms with Gasteiger partial charge < -0.3 is 10.3 Å². The first kappa shape index (κ1) is 16.5. The predicted octanol–water partition coefficient (Wildman–Crippen LogP) is 2.67. The summed E-state index contributed by atoms with van der Waals surface area (Å²) in [6.45, 7) is 1.87. The fourth-order valence-corrected chi connectivity index (χ4v) is 3.64. The van der Waals surface area contributed by atoms with E-state index < -0.39 is 0 Å². The first-order valence-corrected chi connectivity index (χ1v) is 9.05. The van der Waals surface area contributed by atoms with Gasteiger partial charge in [-0.3, -0.25) is 10.1 Å². The molecule has 4 aromatic heterocycles. The fourth-order valence-electron chi connectivity index (χ4n) is 3.64. The van der Waals surface area contributed by atoms with Gasteiger partial charge in [-0.1, -0.05) is 17.6 Å². The molecule has 9 heteroatoms. The smallest absolute Gasteiger partial charge is 0.261 e. The van der Waals surface area contributed by atoms with Crippen molar-refractivity contribution >= 4 is 5.82 Å². The third-order valence-electron chi connectivity index (χ3n) is 5.33. The Morgan fingerprint density at radius 3 is 2.64 bits per heavy atom. The van der Waals surface area contributed by atoms with Crippen molar-refractivity contribution in [2.45, 2.75) is 31.6 Å². The standard InChI is InChI=1S/C19H18N8O/c1-11-16(22-10-15(20)25-11)14-4-3-13(9-21-14)19(5-2-6-19)18-26-17(28-27-18)12-7-23-24-8-12/h3-4,7-10H,2,5-6H2,1H3,(H2,20,25)(H,23,24). The van der Waals surface area contributed by atoms with Gasteiger partial charge in [0.1, 0.15) is 11.5 Å². The van der Waals surface area contributed by atoms with Crippen LogP contribution in [0.15, 0.2) is 41.4 Å². The predicted molar refractivity (Wildman–Crippen MR) is 101 cm³/mol. The molecular formula is C19H18N8O. The maximum Gasteiger partial charge on any atom is 0.261 e. The molecule has 4 aromatic rings. The van der Waals surface area contributed by atoms with E-state index in [2.05, 4.69) is 41.4 Å². The van der Waals surface area contributed by atoms with Crippen LogP contribution in [-0.4, -0.2) is 35.3 Å². The monoisotopic (exact) mass is 374 g/mol. The van der Waals surface area contributed by atoms with Crippen LogP contribution in [0.1, 0.15) is 36.3 Å². The van der Waals surface area contributed by atoms with Crippen LogP contribution in [0.2, 0.25) is 0 Å². The van der Waals surface area contributed by atoms with E-state index in [1.54, 1.807) is 18.6 Å². The number of anilines is 1. The molecule has 0 aliphatic heterocycles. The van der Waals surface area contributed by atoms with Crippen molar-refractivity contribution in [3.05, 3.63) is 54.0 Å². The number of H-pyrrole nitrogens is 1. The van der Waals surface area contributed by atoms with E-state index in [0.717, 1.165) is 47.5 Å². The topological polar surface area (TPSA) is 132 Å². The average Bonchev–Trinajstić information content (AvgIpc) is 3.33. The number of nitrogens with two attached hydrogens (primary N) is 1. The molecule has 0 aromatic carbocycles. The minimum atomic E-state index is -0.265. The zero-order valence-corrected chi connectivity index (χ0v) is 15.3. The van der Waals surface area contributed by atoms with Crippen molar-refractivity contribution in [3.8, 4) is 22.8 Å². The van der Waals surface area contributed by atoms with Gasteiger partial charge in [-0.15, -0.1) is 0 Å². The summed E-state index contributed by atoms with van der Waals surface area (Å²) in [6.07, 6.45) is 9.84. The van der Waals surface area contributed by atoms with E-state index in [0.29, 0.717) is 17.5 Å². The summed E-state index contributed by atoms with van der Waals surface area (Å²) in [5.74, 6) is 1.55. The number of hydrogen-bond acceptors (Lipinski definition) is 8. The maximum absolute atomic E-state index is 5.69. The van der Waals surface area contributed by atoms with E-state index in [1.165, 1.54) is 0 Å². The third kappa shape index (κ3) is 2.55. The first-order chi connectivity index (χ1) is 13.7. The SMILES string of the molecule is Cc1nc(N)cnc1-c1ccc(C2(c3noc(-c4cn[nH]c4)n3)CCC2)cn1. The van der Waals surface area contributed by atoms with Crippen molar-refractivity contribution in [3.63, 3.8) is 0 Å². The summed E-state index contributed by atoms with van der Waals surface area (Å²) >= 11 is 0. The molecule has 28 heavy (non-hydrogen) atoms. The molecule has 1 aliphatic rings. The number of nitrogens with one attached hydrogen (secondary N) is 1. The number of hydrogen-bond donors (Lipinski definition) is 2. The number of aryl methyl sites for hydroxylation is 1. The summed E-state index contributed by atoms with van der Waals surface area (Å²) in [5, 5.41) is 10.9. The Kier molecular flexibility index (Phi) is 3.68. The zero-order chi connectivity index (χ0) is 19.1. The highest BCUT2D eigenvalue weighted by atomic mass is 16.5. The van der Waals surface area contributed by atoms with E-state index in [4.69, 9.17) is 10.3 Å². The molecule has 1 fully saturated rings. The number of nitrogen functional groups attached to an aromatic ring is 1. The van der Waals surface area contributed by atoms with Gasteiger partial charge in [0.15, 0.2) is 5.82 Å². The Morgan fingerprint density at radius 1 is 1.11 bits per heavy atom. The lowest BCUT2D eigenvalue weighted by molar-refractivity contribution is 0.272. The van der Waals surface area contributed by atoms with Crippen LogP contribution in [0.5, 0.6) is 0 Å². The number of pyridine rings is 1. The Balaban J connectivity index is 1.49. The Morgan fingerprint density at radius 2 is 2.00 bits per heavy atom. The summed E-state index contributed by atoms with van der Waals surface area (Å²) in [5.41, 5.74) is 9.51. The van der Waals surface area contributed by atoms with Gasteiger partial charge in [0.25, 0.3) is 5.89 Å². The number of nitrogens with zero attached hydrogens (tertiary/aromatic N) is 6. The van der Waals surface area contributed by atoms with Crippen LogP contribution in [0.3, 0.4) is 0 Å². The van der Waals surface area contributed by atoms with Crippen LogP contribution < -0.4 is 5.73 Å². The van der Waals surface area contributed by atoms with Crippen LogP contribution in [0, 0.1) is 6.92 Å². The minimum Gasteiger partial charge on any atom is -0.382 e. The fraction of sp³-hybridized carbons (Fsp3) is 0.263. The van der Waals surface area contributed by atoms with E-state index in [1.807, 2.05) is 19.2 Å². The number of aromatic amines is 1. The van der Waals surface area contributed by atoms with Gasteiger partial charge in [0.05, 0.1) is 34.8 Å². The van der Waals surface area contributed by atoms with E-state index in [-0.39, 0.29) is 5.41 Å². The summed E-state index contributed by atoms with van der Waals surface area (Å²) in [4.78, 5) is 17.9. The lowest BCUT2D eigenvalue weighted by atomic mass is 9.64. The van der Waals surface area contributed by atoms with Crippen molar-refractivity contribution < 1.29 is 4.52 Å². The van der Waals surface area contributed by atoms with E-state index in [9.17, 15) is 0 Å². The minimum absolute atomic E-state index is 0.265. The molecule has 9 nitrogen and oxygen atoms in total. The average molecular weight is 374 g/mol. The maximum atomic E-state index is 5.69. The molecule has 0 unspecified atom stereocenters.